The van der Waals surface area contributed by atoms with E-state index in [1.54, 1.807) is 0 Å². The largest absolute Gasteiger partial charge is 0.362 e. The fourth-order valence-corrected chi connectivity index (χ4v) is 1.90. The lowest BCUT2D eigenvalue weighted by atomic mass is 10.0. The van der Waals surface area contributed by atoms with Crippen molar-refractivity contribution < 1.29 is 0 Å². The minimum Gasteiger partial charge on any atom is -0.362 e. The van der Waals surface area contributed by atoms with Crippen LogP contribution in [0.15, 0.2) is 18.2 Å². The zero-order valence-electron chi connectivity index (χ0n) is 10.6. The van der Waals surface area contributed by atoms with Crippen LogP contribution in [-0.2, 0) is 0 Å². The summed E-state index contributed by atoms with van der Waals surface area (Å²) in [6, 6.07) is 8.19. The first-order chi connectivity index (χ1) is 8.04. The molecule has 0 bridgehead atoms. The normalized spacial score (nSPS) is 10.3. The molecule has 0 unspecified atom stereocenters. The minimum absolute atomic E-state index is 0.616. The molecule has 0 fully saturated rings. The summed E-state index contributed by atoms with van der Waals surface area (Å²) >= 11 is 0. The molecule has 17 heavy (non-hydrogen) atoms. The Morgan fingerprint density at radius 2 is 1.94 bits per heavy atom. The topological polar surface area (TPSA) is 39.9 Å². The molecule has 86 valence electrons. The number of nitrogens with zero attached hydrogens (tertiary/aromatic N) is 3. The maximum atomic E-state index is 9.13. The number of pyridine rings is 1. The molecule has 1 heterocycles. The highest BCUT2D eigenvalue weighted by molar-refractivity contribution is 5.86. The number of hydrogen-bond acceptors (Lipinski definition) is 3. The van der Waals surface area contributed by atoms with Gasteiger partial charge in [0.05, 0.1) is 11.1 Å². The SMILES string of the molecule is Cc1ccc2cc(C#N)c(N(C)C)nc2c1C. The number of rotatable bonds is 1. The summed E-state index contributed by atoms with van der Waals surface area (Å²) in [6.45, 7) is 4.14. The second-order valence-corrected chi connectivity index (χ2v) is 4.44. The van der Waals surface area contributed by atoms with Crippen LogP contribution in [0.2, 0.25) is 0 Å². The second-order valence-electron chi connectivity index (χ2n) is 4.44. The molecular weight excluding hydrogens is 210 g/mol. The quantitative estimate of drug-likeness (QED) is 0.749. The van der Waals surface area contributed by atoms with Gasteiger partial charge in [-0.15, -0.1) is 0 Å². The van der Waals surface area contributed by atoms with Crippen LogP contribution in [0.5, 0.6) is 0 Å². The molecule has 0 amide bonds. The van der Waals surface area contributed by atoms with Gasteiger partial charge in [-0.25, -0.2) is 4.98 Å². The number of aryl methyl sites for hydroxylation is 2. The molecule has 0 atom stereocenters. The molecule has 0 aliphatic heterocycles. The van der Waals surface area contributed by atoms with Crippen LogP contribution in [0.1, 0.15) is 16.7 Å². The summed E-state index contributed by atoms with van der Waals surface area (Å²) in [4.78, 5) is 6.48. The summed E-state index contributed by atoms with van der Waals surface area (Å²) in [5, 5.41) is 10.2. The average Bonchev–Trinajstić information content (AvgIpc) is 2.32. The monoisotopic (exact) mass is 225 g/mol. The van der Waals surface area contributed by atoms with Crippen molar-refractivity contribution in [3.05, 3.63) is 34.9 Å². The molecule has 0 aliphatic rings. The number of aromatic nitrogens is 1. The fourth-order valence-electron chi connectivity index (χ4n) is 1.90. The standard InChI is InChI=1S/C14H15N3/c1-9-5-6-11-7-12(8-15)14(17(3)4)16-13(11)10(9)2/h5-7H,1-4H3. The van der Waals surface area contributed by atoms with Gasteiger partial charge in [-0.05, 0) is 31.0 Å². The molecular formula is C14H15N3. The Kier molecular flexibility index (Phi) is 2.72. The van der Waals surface area contributed by atoms with Crippen LogP contribution < -0.4 is 4.90 Å². The van der Waals surface area contributed by atoms with Gasteiger partial charge in [0.15, 0.2) is 0 Å². The van der Waals surface area contributed by atoms with Crippen LogP contribution in [0.4, 0.5) is 5.82 Å². The van der Waals surface area contributed by atoms with Crippen LogP contribution in [0, 0.1) is 25.2 Å². The van der Waals surface area contributed by atoms with Gasteiger partial charge in [-0.1, -0.05) is 12.1 Å². The molecule has 1 aromatic carbocycles. The van der Waals surface area contributed by atoms with E-state index < -0.39 is 0 Å². The maximum absolute atomic E-state index is 9.13. The van der Waals surface area contributed by atoms with Gasteiger partial charge in [-0.2, -0.15) is 5.26 Å². The molecule has 1 aromatic heterocycles. The average molecular weight is 225 g/mol. The predicted molar refractivity (Wildman–Crippen MR) is 70.3 cm³/mol. The lowest BCUT2D eigenvalue weighted by Gasteiger charge is -2.15. The Balaban J connectivity index is 2.85. The number of benzene rings is 1. The highest BCUT2D eigenvalue weighted by Gasteiger charge is 2.10. The molecule has 0 N–H and O–H groups in total. The summed E-state index contributed by atoms with van der Waals surface area (Å²) < 4.78 is 0. The van der Waals surface area contributed by atoms with Crippen molar-refractivity contribution in [1.29, 1.82) is 5.26 Å². The molecule has 0 aliphatic carbocycles. The van der Waals surface area contributed by atoms with E-state index in [-0.39, 0.29) is 0 Å². The zero-order valence-corrected chi connectivity index (χ0v) is 10.6. The molecule has 0 saturated carbocycles. The van der Waals surface area contributed by atoms with Crippen LogP contribution >= 0.6 is 0 Å². The summed E-state index contributed by atoms with van der Waals surface area (Å²) in [6.07, 6.45) is 0. The van der Waals surface area contributed by atoms with Gasteiger partial charge in [-0.3, -0.25) is 0 Å². The first kappa shape index (κ1) is 11.4. The van der Waals surface area contributed by atoms with Crippen molar-refractivity contribution in [3.63, 3.8) is 0 Å². The zero-order chi connectivity index (χ0) is 12.6. The lowest BCUT2D eigenvalue weighted by Crippen LogP contribution is -2.12. The van der Waals surface area contributed by atoms with E-state index in [4.69, 9.17) is 5.26 Å². The Bertz CT molecular complexity index is 621. The number of nitriles is 1. The molecule has 3 nitrogen and oxygen atoms in total. The molecule has 2 aromatic rings. The Labute approximate surface area is 101 Å². The van der Waals surface area contributed by atoms with Crippen LogP contribution in [-0.4, -0.2) is 19.1 Å². The van der Waals surface area contributed by atoms with Crippen molar-refractivity contribution in [2.45, 2.75) is 13.8 Å². The summed E-state index contributed by atoms with van der Waals surface area (Å²) in [7, 11) is 3.81. The van der Waals surface area contributed by atoms with Crippen molar-refractivity contribution in [2.24, 2.45) is 0 Å². The second kappa shape index (κ2) is 4.06. The van der Waals surface area contributed by atoms with E-state index >= 15 is 0 Å². The summed E-state index contributed by atoms with van der Waals surface area (Å²) in [5.41, 5.74) is 3.99. The summed E-state index contributed by atoms with van der Waals surface area (Å²) in [5.74, 6) is 0.730. The number of fused-ring (bicyclic) bond motifs is 1. The highest BCUT2D eigenvalue weighted by Crippen LogP contribution is 2.25. The van der Waals surface area contributed by atoms with E-state index in [2.05, 4.69) is 31.0 Å². The first-order valence-electron chi connectivity index (χ1n) is 5.53. The van der Waals surface area contributed by atoms with E-state index in [0.29, 0.717) is 5.56 Å². The van der Waals surface area contributed by atoms with Gasteiger partial charge < -0.3 is 4.90 Å². The Hall–Kier alpha value is -2.08. The van der Waals surface area contributed by atoms with Crippen molar-refractivity contribution in [3.8, 4) is 6.07 Å². The van der Waals surface area contributed by atoms with Crippen molar-refractivity contribution in [1.82, 2.24) is 4.98 Å². The van der Waals surface area contributed by atoms with Gasteiger partial charge in [0.1, 0.15) is 11.9 Å². The Morgan fingerprint density at radius 3 is 2.53 bits per heavy atom. The molecule has 2 rings (SSSR count). The third-order valence-corrected chi connectivity index (χ3v) is 3.04. The third-order valence-electron chi connectivity index (χ3n) is 3.04. The van der Waals surface area contributed by atoms with Gasteiger partial charge >= 0.3 is 0 Å². The maximum Gasteiger partial charge on any atom is 0.146 e. The smallest absolute Gasteiger partial charge is 0.146 e. The van der Waals surface area contributed by atoms with Crippen molar-refractivity contribution in [2.75, 3.05) is 19.0 Å². The van der Waals surface area contributed by atoms with Crippen molar-refractivity contribution >= 4 is 16.7 Å². The van der Waals surface area contributed by atoms with Gasteiger partial charge in [0, 0.05) is 19.5 Å². The van der Waals surface area contributed by atoms with E-state index in [0.717, 1.165) is 16.7 Å². The number of hydrogen-bond donors (Lipinski definition) is 0. The van der Waals surface area contributed by atoms with Gasteiger partial charge in [0.2, 0.25) is 0 Å². The molecule has 3 heteroatoms. The van der Waals surface area contributed by atoms with Crippen LogP contribution in [0.3, 0.4) is 0 Å². The molecule has 0 radical (unpaired) electrons. The third kappa shape index (κ3) is 1.83. The van der Waals surface area contributed by atoms with E-state index in [1.165, 1.54) is 11.1 Å². The van der Waals surface area contributed by atoms with E-state index in [1.807, 2.05) is 31.1 Å². The Morgan fingerprint density at radius 1 is 1.24 bits per heavy atom. The highest BCUT2D eigenvalue weighted by atomic mass is 15.1. The van der Waals surface area contributed by atoms with Crippen LogP contribution in [0.25, 0.3) is 10.9 Å². The first-order valence-corrected chi connectivity index (χ1v) is 5.53. The van der Waals surface area contributed by atoms with Gasteiger partial charge in [0.25, 0.3) is 0 Å². The van der Waals surface area contributed by atoms with E-state index in [9.17, 15) is 0 Å². The lowest BCUT2D eigenvalue weighted by molar-refractivity contribution is 1.07. The number of anilines is 1. The minimum atomic E-state index is 0.616. The molecule has 0 saturated heterocycles. The predicted octanol–water partition coefficient (Wildman–Crippen LogP) is 2.79. The fraction of sp³-hybridized carbons (Fsp3) is 0.286. The molecule has 0 spiro atoms.